The molecule has 1 aromatic heterocycles. The molecule has 10 nitrogen and oxygen atoms in total. The van der Waals surface area contributed by atoms with Crippen LogP contribution in [-0.2, 0) is 4.79 Å². The molecule has 2 amide bonds. The zero-order valence-electron chi connectivity index (χ0n) is 14.5. The first kappa shape index (κ1) is 20.0. The third-order valence-electron chi connectivity index (χ3n) is 3.67. The lowest BCUT2D eigenvalue weighted by atomic mass is 10.2. The van der Waals surface area contributed by atoms with Gasteiger partial charge in [0.1, 0.15) is 16.9 Å². The van der Waals surface area contributed by atoms with Gasteiger partial charge in [0, 0.05) is 22.0 Å². The summed E-state index contributed by atoms with van der Waals surface area (Å²) in [5.41, 5.74) is 3.27. The van der Waals surface area contributed by atoms with Crippen LogP contribution in [0.4, 0.5) is 5.69 Å². The van der Waals surface area contributed by atoms with Crippen LogP contribution in [0.15, 0.2) is 62.2 Å². The van der Waals surface area contributed by atoms with Gasteiger partial charge >= 0.3 is 5.63 Å². The van der Waals surface area contributed by atoms with Crippen molar-refractivity contribution in [1.29, 1.82) is 0 Å². The number of halogens is 1. The van der Waals surface area contributed by atoms with E-state index in [0.29, 0.717) is 11.0 Å². The van der Waals surface area contributed by atoms with E-state index in [-0.39, 0.29) is 17.0 Å². The number of nitrogens with zero attached hydrogens (tertiary/aromatic N) is 1. The molecule has 148 valence electrons. The summed E-state index contributed by atoms with van der Waals surface area (Å²) in [6.07, 6.45) is 0. The minimum Gasteiger partial charge on any atom is -0.484 e. The highest BCUT2D eigenvalue weighted by Gasteiger charge is 2.15. The molecule has 0 bridgehead atoms. The van der Waals surface area contributed by atoms with Crippen LogP contribution >= 0.6 is 15.9 Å². The number of hydrazine groups is 1. The Bertz CT molecular complexity index is 1160. The Morgan fingerprint density at radius 3 is 2.52 bits per heavy atom. The fourth-order valence-corrected chi connectivity index (χ4v) is 2.67. The van der Waals surface area contributed by atoms with Gasteiger partial charge in [0.15, 0.2) is 6.61 Å². The molecule has 0 aliphatic heterocycles. The average molecular weight is 462 g/mol. The van der Waals surface area contributed by atoms with E-state index in [9.17, 15) is 24.5 Å². The molecule has 1 heterocycles. The zero-order chi connectivity index (χ0) is 21.0. The number of non-ortho nitro benzene ring substituents is 1. The maximum atomic E-state index is 12.2. The maximum Gasteiger partial charge on any atom is 0.349 e. The van der Waals surface area contributed by atoms with E-state index in [1.807, 2.05) is 0 Å². The molecule has 0 atom stereocenters. The van der Waals surface area contributed by atoms with Gasteiger partial charge in [-0.15, -0.1) is 0 Å². The van der Waals surface area contributed by atoms with E-state index in [0.717, 1.165) is 4.47 Å². The van der Waals surface area contributed by atoms with Gasteiger partial charge in [-0.25, -0.2) is 4.79 Å². The summed E-state index contributed by atoms with van der Waals surface area (Å²) in [5, 5.41) is 11.1. The molecule has 3 aromatic rings. The van der Waals surface area contributed by atoms with Crippen molar-refractivity contribution < 1.29 is 23.7 Å². The highest BCUT2D eigenvalue weighted by atomic mass is 79.9. The highest BCUT2D eigenvalue weighted by molar-refractivity contribution is 9.10. The van der Waals surface area contributed by atoms with Crippen molar-refractivity contribution in [2.24, 2.45) is 0 Å². The van der Waals surface area contributed by atoms with Gasteiger partial charge < -0.3 is 9.15 Å². The fourth-order valence-electron chi connectivity index (χ4n) is 2.30. The molecule has 2 N–H and O–H groups in total. The maximum absolute atomic E-state index is 12.2. The Kier molecular flexibility index (Phi) is 5.88. The monoisotopic (exact) mass is 461 g/mol. The molecule has 11 heteroatoms. The molecule has 0 saturated carbocycles. The number of nitrogens with one attached hydrogen (secondary N) is 2. The second-order valence-corrected chi connectivity index (χ2v) is 6.59. The van der Waals surface area contributed by atoms with Gasteiger partial charge in [0.2, 0.25) is 0 Å². The fraction of sp³-hybridized carbons (Fsp3) is 0.0556. The first-order valence-electron chi connectivity index (χ1n) is 8.03. The number of nitro benzene ring substituents is 1. The molecule has 0 aliphatic carbocycles. The van der Waals surface area contributed by atoms with Crippen molar-refractivity contribution in [2.45, 2.75) is 0 Å². The van der Waals surface area contributed by atoms with Crippen LogP contribution in [0, 0.1) is 10.1 Å². The Morgan fingerprint density at radius 1 is 1.10 bits per heavy atom. The number of fused-ring (bicyclic) bond motifs is 1. The number of carbonyl (C=O) groups is 2. The molecule has 0 spiro atoms. The minimum atomic E-state index is -0.857. The van der Waals surface area contributed by atoms with Crippen LogP contribution in [0.3, 0.4) is 0 Å². The predicted molar refractivity (Wildman–Crippen MR) is 104 cm³/mol. The van der Waals surface area contributed by atoms with Gasteiger partial charge in [-0.05, 0) is 36.4 Å². The van der Waals surface area contributed by atoms with Crippen molar-refractivity contribution in [2.75, 3.05) is 6.61 Å². The van der Waals surface area contributed by atoms with E-state index >= 15 is 0 Å². The quantitative estimate of drug-likeness (QED) is 0.337. The van der Waals surface area contributed by atoms with Gasteiger partial charge in [-0.2, -0.15) is 0 Å². The first-order chi connectivity index (χ1) is 13.8. The number of hydrogen-bond acceptors (Lipinski definition) is 7. The Hall–Kier alpha value is -3.73. The predicted octanol–water partition coefficient (Wildman–Crippen LogP) is 2.30. The summed E-state index contributed by atoms with van der Waals surface area (Å²) < 4.78 is 11.0. The number of hydrogen-bond donors (Lipinski definition) is 2. The van der Waals surface area contributed by atoms with E-state index < -0.39 is 29.0 Å². The van der Waals surface area contributed by atoms with Gasteiger partial charge in [0.05, 0.1) is 4.92 Å². The SMILES string of the molecule is O=C(COc1ccc([N+](=O)[O-])cc1)NNC(=O)c1cc2cc(Br)ccc2oc1=O. The molecule has 0 saturated heterocycles. The molecule has 0 unspecified atom stereocenters. The molecule has 29 heavy (non-hydrogen) atoms. The third kappa shape index (κ3) is 4.96. The molecule has 3 rings (SSSR count). The summed E-state index contributed by atoms with van der Waals surface area (Å²) in [7, 11) is 0. The third-order valence-corrected chi connectivity index (χ3v) is 4.17. The Morgan fingerprint density at radius 2 is 1.83 bits per heavy atom. The Labute approximate surface area is 170 Å². The molecule has 2 aromatic carbocycles. The van der Waals surface area contributed by atoms with E-state index in [4.69, 9.17) is 9.15 Å². The van der Waals surface area contributed by atoms with Gasteiger partial charge in [-0.3, -0.25) is 30.6 Å². The lowest BCUT2D eigenvalue weighted by Crippen LogP contribution is -2.45. The van der Waals surface area contributed by atoms with Crippen LogP contribution < -0.4 is 21.2 Å². The summed E-state index contributed by atoms with van der Waals surface area (Å²) in [6, 6.07) is 11.4. The minimum absolute atomic E-state index is 0.115. The lowest BCUT2D eigenvalue weighted by molar-refractivity contribution is -0.384. The van der Waals surface area contributed by atoms with Gasteiger partial charge in [0.25, 0.3) is 17.5 Å². The number of benzene rings is 2. The second kappa shape index (κ2) is 8.52. The summed E-state index contributed by atoms with van der Waals surface area (Å²) in [5.74, 6) is -1.33. The number of amides is 2. The second-order valence-electron chi connectivity index (χ2n) is 5.67. The summed E-state index contributed by atoms with van der Waals surface area (Å²) in [6.45, 7) is -0.461. The topological polar surface area (TPSA) is 141 Å². The highest BCUT2D eigenvalue weighted by Crippen LogP contribution is 2.19. The van der Waals surface area contributed by atoms with Crippen molar-refractivity contribution in [3.8, 4) is 5.75 Å². The van der Waals surface area contributed by atoms with Crippen molar-refractivity contribution in [3.05, 3.63) is 79.1 Å². The Balaban J connectivity index is 1.58. The first-order valence-corrected chi connectivity index (χ1v) is 8.82. The van der Waals surface area contributed by atoms with E-state index in [1.54, 1.807) is 18.2 Å². The largest absolute Gasteiger partial charge is 0.484 e. The zero-order valence-corrected chi connectivity index (χ0v) is 16.1. The van der Waals surface area contributed by atoms with Crippen molar-refractivity contribution in [3.63, 3.8) is 0 Å². The van der Waals surface area contributed by atoms with Crippen LogP contribution in [0.25, 0.3) is 11.0 Å². The lowest BCUT2D eigenvalue weighted by Gasteiger charge is -2.08. The smallest absolute Gasteiger partial charge is 0.349 e. The van der Waals surface area contributed by atoms with Crippen LogP contribution in [-0.4, -0.2) is 23.3 Å². The van der Waals surface area contributed by atoms with Crippen LogP contribution in [0.5, 0.6) is 5.75 Å². The van der Waals surface area contributed by atoms with Crippen molar-refractivity contribution >= 4 is 44.4 Å². The number of rotatable bonds is 5. The van der Waals surface area contributed by atoms with E-state index in [1.165, 1.54) is 30.3 Å². The normalized spacial score (nSPS) is 10.4. The average Bonchev–Trinajstić information content (AvgIpc) is 2.70. The molecule has 0 aliphatic rings. The molecular weight excluding hydrogens is 450 g/mol. The van der Waals surface area contributed by atoms with Crippen LogP contribution in [0.1, 0.15) is 10.4 Å². The van der Waals surface area contributed by atoms with E-state index in [2.05, 4.69) is 26.8 Å². The molecule has 0 fully saturated rings. The number of ether oxygens (including phenoxy) is 1. The van der Waals surface area contributed by atoms with Gasteiger partial charge in [-0.1, -0.05) is 15.9 Å². The van der Waals surface area contributed by atoms with Crippen LogP contribution in [0.2, 0.25) is 0 Å². The standard InChI is InChI=1S/C18H12BrN3O7/c19-11-1-6-15-10(7-11)8-14(18(25)29-15)17(24)21-20-16(23)9-28-13-4-2-12(3-5-13)22(26)27/h1-8H,9H2,(H,20,23)(H,21,24). The molecule has 0 radical (unpaired) electrons. The number of carbonyl (C=O) groups excluding carboxylic acids is 2. The summed E-state index contributed by atoms with van der Waals surface area (Å²) >= 11 is 3.29. The summed E-state index contributed by atoms with van der Waals surface area (Å²) in [4.78, 5) is 46.0. The van der Waals surface area contributed by atoms with Crippen molar-refractivity contribution in [1.82, 2.24) is 10.9 Å². The number of nitro groups is 1. The molecular formula is C18H12BrN3O7.